The van der Waals surface area contributed by atoms with Crippen LogP contribution in [-0.4, -0.2) is 12.9 Å². The molecule has 0 heterocycles. The zero-order valence-corrected chi connectivity index (χ0v) is 12.4. The molecule has 0 spiro atoms. The van der Waals surface area contributed by atoms with Crippen LogP contribution in [0.1, 0.15) is 44.7 Å². The Morgan fingerprint density at radius 2 is 2.00 bits per heavy atom. The average Bonchev–Trinajstić information content (AvgIpc) is 2.82. The van der Waals surface area contributed by atoms with E-state index >= 15 is 0 Å². The van der Waals surface area contributed by atoms with Gasteiger partial charge in [-0.3, -0.25) is 0 Å². The molecular formula is C16H22F3NO. The van der Waals surface area contributed by atoms with Crippen LogP contribution in [0.15, 0.2) is 24.3 Å². The number of halogens is 3. The minimum Gasteiger partial charge on any atom is -0.405 e. The van der Waals surface area contributed by atoms with Gasteiger partial charge in [0.05, 0.1) is 0 Å². The van der Waals surface area contributed by atoms with Gasteiger partial charge in [-0.05, 0) is 37.3 Å². The van der Waals surface area contributed by atoms with Gasteiger partial charge in [0, 0.05) is 11.6 Å². The summed E-state index contributed by atoms with van der Waals surface area (Å²) in [7, 11) is 0. The van der Waals surface area contributed by atoms with Gasteiger partial charge >= 0.3 is 6.36 Å². The molecule has 1 aliphatic carbocycles. The second-order valence-corrected chi connectivity index (χ2v) is 5.80. The summed E-state index contributed by atoms with van der Waals surface area (Å²) in [6, 6.07) is 6.38. The molecule has 5 heteroatoms. The van der Waals surface area contributed by atoms with Gasteiger partial charge in [0.15, 0.2) is 0 Å². The summed E-state index contributed by atoms with van der Waals surface area (Å²) < 4.78 is 41.9. The number of benzene rings is 1. The molecule has 3 atom stereocenters. The summed E-state index contributed by atoms with van der Waals surface area (Å²) >= 11 is 0. The summed E-state index contributed by atoms with van der Waals surface area (Å²) in [4.78, 5) is 0. The first-order chi connectivity index (χ1) is 9.90. The maximum Gasteiger partial charge on any atom is 0.573 e. The van der Waals surface area contributed by atoms with Crippen molar-refractivity contribution in [3.8, 4) is 5.75 Å². The number of alkyl halides is 3. The van der Waals surface area contributed by atoms with Crippen LogP contribution < -0.4 is 10.1 Å². The highest BCUT2D eigenvalue weighted by Gasteiger charge is 2.35. The SMILES string of the molecule is CCNC(c1ccccc1OC(F)(F)F)C1CCC(C)C1. The van der Waals surface area contributed by atoms with Crippen molar-refractivity contribution in [1.82, 2.24) is 5.32 Å². The maximum absolute atomic E-state index is 12.6. The third-order valence-corrected chi connectivity index (χ3v) is 4.11. The molecule has 1 aliphatic rings. The van der Waals surface area contributed by atoms with E-state index in [1.54, 1.807) is 18.2 Å². The standard InChI is InChI=1S/C16H22F3NO/c1-3-20-15(12-9-8-11(2)10-12)13-6-4-5-7-14(13)21-16(17,18)19/h4-7,11-12,15,20H,3,8-10H2,1-2H3. The van der Waals surface area contributed by atoms with Crippen molar-refractivity contribution in [2.24, 2.45) is 11.8 Å². The van der Waals surface area contributed by atoms with Crippen molar-refractivity contribution in [3.63, 3.8) is 0 Å². The molecule has 0 radical (unpaired) electrons. The number of hydrogen-bond donors (Lipinski definition) is 1. The van der Waals surface area contributed by atoms with Crippen LogP contribution in [0.4, 0.5) is 13.2 Å². The highest BCUT2D eigenvalue weighted by atomic mass is 19.4. The van der Waals surface area contributed by atoms with Gasteiger partial charge in [0.25, 0.3) is 0 Å². The third-order valence-electron chi connectivity index (χ3n) is 4.11. The smallest absolute Gasteiger partial charge is 0.405 e. The average molecular weight is 301 g/mol. The van der Waals surface area contributed by atoms with Crippen molar-refractivity contribution in [2.75, 3.05) is 6.54 Å². The van der Waals surface area contributed by atoms with Gasteiger partial charge in [0.1, 0.15) is 5.75 Å². The highest BCUT2D eigenvalue weighted by molar-refractivity contribution is 5.36. The van der Waals surface area contributed by atoms with Crippen LogP contribution in [0, 0.1) is 11.8 Å². The summed E-state index contributed by atoms with van der Waals surface area (Å²) in [5, 5.41) is 3.34. The molecule has 2 nitrogen and oxygen atoms in total. The van der Waals surface area contributed by atoms with Crippen LogP contribution in [0.2, 0.25) is 0 Å². The molecule has 0 bridgehead atoms. The van der Waals surface area contributed by atoms with Crippen molar-refractivity contribution in [2.45, 2.75) is 45.5 Å². The van der Waals surface area contributed by atoms with Crippen LogP contribution >= 0.6 is 0 Å². The molecule has 0 saturated heterocycles. The number of para-hydroxylation sites is 1. The Morgan fingerprint density at radius 1 is 1.29 bits per heavy atom. The Morgan fingerprint density at radius 3 is 2.57 bits per heavy atom. The van der Waals surface area contributed by atoms with E-state index in [1.165, 1.54) is 6.07 Å². The van der Waals surface area contributed by atoms with Crippen LogP contribution in [0.5, 0.6) is 5.75 Å². The van der Waals surface area contributed by atoms with Crippen LogP contribution in [-0.2, 0) is 0 Å². The van der Waals surface area contributed by atoms with E-state index < -0.39 is 6.36 Å². The van der Waals surface area contributed by atoms with Crippen LogP contribution in [0.25, 0.3) is 0 Å². The van der Waals surface area contributed by atoms with E-state index in [0.717, 1.165) is 25.8 Å². The first kappa shape index (κ1) is 16.1. The maximum atomic E-state index is 12.6. The predicted octanol–water partition coefficient (Wildman–Crippen LogP) is 4.67. The first-order valence-electron chi connectivity index (χ1n) is 7.48. The molecule has 1 aromatic rings. The lowest BCUT2D eigenvalue weighted by Gasteiger charge is -2.27. The molecule has 21 heavy (non-hydrogen) atoms. The van der Waals surface area contributed by atoms with Crippen LogP contribution in [0.3, 0.4) is 0 Å². The summed E-state index contributed by atoms with van der Waals surface area (Å²) in [6.07, 6.45) is -1.44. The van der Waals surface area contributed by atoms with E-state index in [9.17, 15) is 13.2 Å². The second-order valence-electron chi connectivity index (χ2n) is 5.80. The molecule has 2 rings (SSSR count). The van der Waals surface area contributed by atoms with E-state index in [-0.39, 0.29) is 11.8 Å². The number of rotatable bonds is 5. The Hall–Kier alpha value is -1.23. The lowest BCUT2D eigenvalue weighted by molar-refractivity contribution is -0.275. The largest absolute Gasteiger partial charge is 0.573 e. The van der Waals surface area contributed by atoms with Gasteiger partial charge in [-0.25, -0.2) is 0 Å². The fourth-order valence-corrected chi connectivity index (χ4v) is 3.26. The zero-order chi connectivity index (χ0) is 15.5. The monoisotopic (exact) mass is 301 g/mol. The Bertz CT molecular complexity index is 461. The molecule has 1 saturated carbocycles. The highest BCUT2D eigenvalue weighted by Crippen LogP contribution is 2.42. The summed E-state index contributed by atoms with van der Waals surface area (Å²) in [5.74, 6) is 0.903. The number of ether oxygens (including phenoxy) is 1. The van der Waals surface area contributed by atoms with Crippen molar-refractivity contribution >= 4 is 0 Å². The summed E-state index contributed by atoms with van der Waals surface area (Å²) in [6.45, 7) is 4.88. The molecule has 1 aromatic carbocycles. The molecular weight excluding hydrogens is 279 g/mol. The van der Waals surface area contributed by atoms with E-state index in [0.29, 0.717) is 17.4 Å². The molecule has 118 valence electrons. The Labute approximate surface area is 123 Å². The van der Waals surface area contributed by atoms with Gasteiger partial charge in [-0.15, -0.1) is 13.2 Å². The van der Waals surface area contributed by atoms with E-state index in [2.05, 4.69) is 17.0 Å². The number of hydrogen-bond acceptors (Lipinski definition) is 2. The minimum atomic E-state index is -4.66. The van der Waals surface area contributed by atoms with Crippen molar-refractivity contribution in [3.05, 3.63) is 29.8 Å². The van der Waals surface area contributed by atoms with E-state index in [4.69, 9.17) is 0 Å². The van der Waals surface area contributed by atoms with E-state index in [1.807, 2.05) is 6.92 Å². The van der Waals surface area contributed by atoms with Gasteiger partial charge in [0.2, 0.25) is 0 Å². The molecule has 0 aromatic heterocycles. The Kier molecular flexibility index (Phi) is 5.14. The quantitative estimate of drug-likeness (QED) is 0.853. The van der Waals surface area contributed by atoms with Crippen molar-refractivity contribution < 1.29 is 17.9 Å². The fourth-order valence-electron chi connectivity index (χ4n) is 3.26. The minimum absolute atomic E-state index is 0.0847. The van der Waals surface area contributed by atoms with Gasteiger partial charge < -0.3 is 10.1 Å². The summed E-state index contributed by atoms with van der Waals surface area (Å²) in [5.41, 5.74) is 0.607. The Balaban J connectivity index is 2.27. The lowest BCUT2D eigenvalue weighted by atomic mass is 9.90. The van der Waals surface area contributed by atoms with Gasteiger partial charge in [-0.2, -0.15) is 0 Å². The second kappa shape index (κ2) is 6.69. The molecule has 3 unspecified atom stereocenters. The first-order valence-corrected chi connectivity index (χ1v) is 7.48. The zero-order valence-electron chi connectivity index (χ0n) is 12.4. The molecule has 1 N–H and O–H groups in total. The lowest BCUT2D eigenvalue weighted by Crippen LogP contribution is -2.28. The topological polar surface area (TPSA) is 21.3 Å². The van der Waals surface area contributed by atoms with Gasteiger partial charge in [-0.1, -0.05) is 38.5 Å². The third kappa shape index (κ3) is 4.37. The predicted molar refractivity (Wildman–Crippen MR) is 76.0 cm³/mol. The molecule has 1 fully saturated rings. The van der Waals surface area contributed by atoms with Crippen molar-refractivity contribution in [1.29, 1.82) is 0 Å². The molecule has 0 amide bonds. The number of nitrogens with one attached hydrogen (secondary N) is 1. The fraction of sp³-hybridized carbons (Fsp3) is 0.625. The normalized spacial score (nSPS) is 24.0. The molecule has 0 aliphatic heterocycles.